The lowest BCUT2D eigenvalue weighted by atomic mass is 10.1. The molecular weight excluding hydrogens is 452 g/mol. The van der Waals surface area contributed by atoms with E-state index in [1.165, 1.54) is 16.9 Å². The Morgan fingerprint density at radius 2 is 1.93 bits per heavy atom. The van der Waals surface area contributed by atoms with Crippen molar-refractivity contribution in [1.82, 2.24) is 19.9 Å². The lowest BCUT2D eigenvalue weighted by Crippen LogP contribution is -2.48. The SMILES string of the molecule is Cc1ccc(-c2noc(CCCN3CCN(C(=O)c4sccc4Br)CC3)n2)cc1. The van der Waals surface area contributed by atoms with Crippen molar-refractivity contribution in [2.45, 2.75) is 19.8 Å². The van der Waals surface area contributed by atoms with Crippen LogP contribution in [0.3, 0.4) is 0 Å². The normalized spacial score (nSPS) is 15.0. The maximum atomic E-state index is 12.6. The zero-order chi connectivity index (χ0) is 20.2. The number of aromatic nitrogens is 2. The molecule has 0 radical (unpaired) electrons. The molecule has 6 nitrogen and oxygen atoms in total. The maximum Gasteiger partial charge on any atom is 0.265 e. The number of thiophene rings is 1. The van der Waals surface area contributed by atoms with E-state index in [1.54, 1.807) is 0 Å². The number of aryl methyl sites for hydroxylation is 2. The summed E-state index contributed by atoms with van der Waals surface area (Å²) in [5.41, 5.74) is 2.19. The molecule has 0 aliphatic carbocycles. The molecule has 1 aromatic carbocycles. The predicted octanol–water partition coefficient (Wildman–Crippen LogP) is 4.26. The number of piperazine rings is 1. The number of amides is 1. The zero-order valence-corrected chi connectivity index (χ0v) is 18.7. The van der Waals surface area contributed by atoms with Gasteiger partial charge in [0.25, 0.3) is 5.91 Å². The van der Waals surface area contributed by atoms with Crippen molar-refractivity contribution in [1.29, 1.82) is 0 Å². The molecule has 3 aromatic rings. The Kier molecular flexibility index (Phi) is 6.42. The van der Waals surface area contributed by atoms with Crippen LogP contribution in [0.2, 0.25) is 0 Å². The smallest absolute Gasteiger partial charge is 0.265 e. The van der Waals surface area contributed by atoms with E-state index in [9.17, 15) is 4.79 Å². The largest absolute Gasteiger partial charge is 0.339 e. The summed E-state index contributed by atoms with van der Waals surface area (Å²) in [5, 5.41) is 6.04. The van der Waals surface area contributed by atoms with E-state index in [1.807, 2.05) is 40.6 Å². The molecule has 1 aliphatic rings. The number of halogens is 1. The van der Waals surface area contributed by atoms with Crippen molar-refractivity contribution < 1.29 is 9.32 Å². The highest BCUT2D eigenvalue weighted by Crippen LogP contribution is 2.24. The van der Waals surface area contributed by atoms with Gasteiger partial charge >= 0.3 is 0 Å². The Hall–Kier alpha value is -2.03. The second kappa shape index (κ2) is 9.19. The number of rotatable bonds is 6. The molecule has 152 valence electrons. The second-order valence-corrected chi connectivity index (χ2v) is 8.98. The number of carbonyl (C=O) groups excluding carboxylic acids is 1. The minimum absolute atomic E-state index is 0.126. The molecule has 0 bridgehead atoms. The molecule has 1 saturated heterocycles. The van der Waals surface area contributed by atoms with E-state index in [4.69, 9.17) is 4.52 Å². The van der Waals surface area contributed by atoms with Gasteiger partial charge in [-0.15, -0.1) is 11.3 Å². The first-order chi connectivity index (χ1) is 14.1. The van der Waals surface area contributed by atoms with E-state index >= 15 is 0 Å². The quantitative estimate of drug-likeness (QED) is 0.533. The van der Waals surface area contributed by atoms with Crippen molar-refractivity contribution in [3.63, 3.8) is 0 Å². The van der Waals surface area contributed by atoms with E-state index in [2.05, 4.69) is 37.9 Å². The Morgan fingerprint density at radius 1 is 1.17 bits per heavy atom. The van der Waals surface area contributed by atoms with Crippen LogP contribution in [-0.4, -0.2) is 58.6 Å². The summed E-state index contributed by atoms with van der Waals surface area (Å²) < 4.78 is 6.29. The van der Waals surface area contributed by atoms with E-state index in [-0.39, 0.29) is 5.91 Å². The first kappa shape index (κ1) is 20.3. The van der Waals surface area contributed by atoms with Gasteiger partial charge in [0.05, 0.1) is 0 Å². The van der Waals surface area contributed by atoms with Crippen molar-refractivity contribution >= 4 is 33.2 Å². The first-order valence-corrected chi connectivity index (χ1v) is 11.4. The zero-order valence-electron chi connectivity index (χ0n) is 16.3. The third kappa shape index (κ3) is 4.94. The summed E-state index contributed by atoms with van der Waals surface area (Å²) in [6.07, 6.45) is 1.72. The fourth-order valence-corrected chi connectivity index (χ4v) is 4.90. The van der Waals surface area contributed by atoms with Gasteiger partial charge in [-0.05, 0) is 47.3 Å². The molecule has 1 amide bonds. The molecule has 3 heterocycles. The molecule has 0 saturated carbocycles. The van der Waals surface area contributed by atoms with Crippen LogP contribution in [0.5, 0.6) is 0 Å². The van der Waals surface area contributed by atoms with Crippen LogP contribution in [0.4, 0.5) is 0 Å². The topological polar surface area (TPSA) is 62.5 Å². The van der Waals surface area contributed by atoms with Crippen LogP contribution < -0.4 is 0 Å². The van der Waals surface area contributed by atoms with Gasteiger partial charge < -0.3 is 9.42 Å². The van der Waals surface area contributed by atoms with Crippen LogP contribution in [0.25, 0.3) is 11.4 Å². The van der Waals surface area contributed by atoms with Gasteiger partial charge in [0.15, 0.2) is 0 Å². The van der Waals surface area contributed by atoms with Crippen LogP contribution in [-0.2, 0) is 6.42 Å². The number of nitrogens with zero attached hydrogens (tertiary/aromatic N) is 4. The molecule has 0 unspecified atom stereocenters. The second-order valence-electron chi connectivity index (χ2n) is 7.21. The molecule has 29 heavy (non-hydrogen) atoms. The first-order valence-electron chi connectivity index (χ1n) is 9.74. The van der Waals surface area contributed by atoms with Gasteiger partial charge in [-0.2, -0.15) is 4.98 Å². The number of hydrogen-bond donors (Lipinski definition) is 0. The van der Waals surface area contributed by atoms with E-state index < -0.39 is 0 Å². The lowest BCUT2D eigenvalue weighted by molar-refractivity contribution is 0.0639. The van der Waals surface area contributed by atoms with Crippen molar-refractivity contribution in [2.75, 3.05) is 32.7 Å². The van der Waals surface area contributed by atoms with E-state index in [0.717, 1.165) is 60.5 Å². The van der Waals surface area contributed by atoms with Crippen LogP contribution in [0, 0.1) is 6.92 Å². The highest BCUT2D eigenvalue weighted by molar-refractivity contribution is 9.10. The molecule has 0 atom stereocenters. The maximum absolute atomic E-state index is 12.6. The summed E-state index contributed by atoms with van der Waals surface area (Å²) in [6.45, 7) is 6.35. The Morgan fingerprint density at radius 3 is 2.62 bits per heavy atom. The predicted molar refractivity (Wildman–Crippen MR) is 117 cm³/mol. The summed E-state index contributed by atoms with van der Waals surface area (Å²) in [4.78, 5) is 22.2. The average molecular weight is 475 g/mol. The fourth-order valence-electron chi connectivity index (χ4n) is 3.39. The molecule has 4 rings (SSSR count). The number of carbonyl (C=O) groups is 1. The minimum Gasteiger partial charge on any atom is -0.339 e. The Bertz CT molecular complexity index is 961. The van der Waals surface area contributed by atoms with Gasteiger partial charge in [-0.1, -0.05) is 35.0 Å². The van der Waals surface area contributed by atoms with Crippen LogP contribution in [0.1, 0.15) is 27.5 Å². The summed E-state index contributed by atoms with van der Waals surface area (Å²) >= 11 is 4.94. The molecule has 1 fully saturated rings. The molecular formula is C21H23BrN4O2S. The molecule has 2 aromatic heterocycles. The molecule has 0 N–H and O–H groups in total. The highest BCUT2D eigenvalue weighted by atomic mass is 79.9. The van der Waals surface area contributed by atoms with Gasteiger partial charge in [0.1, 0.15) is 4.88 Å². The van der Waals surface area contributed by atoms with Gasteiger partial charge in [-0.3, -0.25) is 9.69 Å². The van der Waals surface area contributed by atoms with Crippen molar-refractivity contribution in [3.05, 3.63) is 56.5 Å². The highest BCUT2D eigenvalue weighted by Gasteiger charge is 2.24. The number of hydrogen-bond acceptors (Lipinski definition) is 6. The van der Waals surface area contributed by atoms with Crippen LogP contribution >= 0.6 is 27.3 Å². The third-order valence-electron chi connectivity index (χ3n) is 5.11. The average Bonchev–Trinajstić information content (AvgIpc) is 3.38. The Balaban J connectivity index is 1.22. The standard InChI is InChI=1S/C21H23BrN4O2S/c1-15-4-6-16(7-5-15)20-23-18(28-24-20)3-2-9-25-10-12-26(13-11-25)21(27)19-17(22)8-14-29-19/h4-8,14H,2-3,9-13H2,1H3. The van der Waals surface area contributed by atoms with Crippen LogP contribution in [0.15, 0.2) is 44.7 Å². The molecule has 8 heteroatoms. The van der Waals surface area contributed by atoms with E-state index in [0.29, 0.717) is 11.7 Å². The van der Waals surface area contributed by atoms with Crippen molar-refractivity contribution in [3.8, 4) is 11.4 Å². The van der Waals surface area contributed by atoms with Gasteiger partial charge in [0, 0.05) is 42.6 Å². The molecule has 1 aliphatic heterocycles. The summed E-state index contributed by atoms with van der Waals surface area (Å²) in [6, 6.07) is 10.1. The molecule has 0 spiro atoms. The summed E-state index contributed by atoms with van der Waals surface area (Å²) in [5.74, 6) is 1.45. The van der Waals surface area contributed by atoms with Crippen molar-refractivity contribution in [2.24, 2.45) is 0 Å². The minimum atomic E-state index is 0.126. The Labute approximate surface area is 182 Å². The van der Waals surface area contributed by atoms with Gasteiger partial charge in [0.2, 0.25) is 11.7 Å². The fraction of sp³-hybridized carbons (Fsp3) is 0.381. The van der Waals surface area contributed by atoms with Gasteiger partial charge in [-0.25, -0.2) is 0 Å². The number of benzene rings is 1. The summed E-state index contributed by atoms with van der Waals surface area (Å²) in [7, 11) is 0. The third-order valence-corrected chi connectivity index (χ3v) is 6.94. The monoisotopic (exact) mass is 474 g/mol. The lowest BCUT2D eigenvalue weighted by Gasteiger charge is -2.34.